The van der Waals surface area contributed by atoms with E-state index in [1.54, 1.807) is 7.11 Å². The third kappa shape index (κ3) is 8.53. The summed E-state index contributed by atoms with van der Waals surface area (Å²) in [5.74, 6) is 2.37. The first kappa shape index (κ1) is 26.9. The lowest BCUT2D eigenvalue weighted by atomic mass is 10.1. The number of nitrogens with zero attached hydrogens (tertiary/aromatic N) is 2. The fourth-order valence-corrected chi connectivity index (χ4v) is 4.22. The first-order valence-electron chi connectivity index (χ1n) is 11.5. The summed E-state index contributed by atoms with van der Waals surface area (Å²) in [6.45, 7) is 4.50. The lowest BCUT2D eigenvalue weighted by Gasteiger charge is -2.32. The van der Waals surface area contributed by atoms with Crippen LogP contribution in [0, 0.1) is 0 Å². The van der Waals surface area contributed by atoms with Gasteiger partial charge in [0.15, 0.2) is 5.96 Å². The number of aliphatic imine (C=N–C) groups is 1. The van der Waals surface area contributed by atoms with Crippen LogP contribution in [0.2, 0.25) is 0 Å². The predicted octanol–water partition coefficient (Wildman–Crippen LogP) is 4.42. The van der Waals surface area contributed by atoms with Crippen molar-refractivity contribution >= 4 is 29.9 Å². The van der Waals surface area contributed by atoms with Gasteiger partial charge in [0.25, 0.3) is 6.43 Å². The summed E-state index contributed by atoms with van der Waals surface area (Å²) < 4.78 is 36.8. The van der Waals surface area contributed by atoms with Gasteiger partial charge in [-0.25, -0.2) is 13.8 Å². The Morgan fingerprint density at radius 3 is 2.53 bits per heavy atom. The van der Waals surface area contributed by atoms with Gasteiger partial charge in [-0.2, -0.15) is 0 Å². The smallest absolute Gasteiger partial charge is 0.251 e. The average molecular weight is 566 g/mol. The number of benzene rings is 1. The highest BCUT2D eigenvalue weighted by Crippen LogP contribution is 2.30. The van der Waals surface area contributed by atoms with Crippen molar-refractivity contribution in [3.05, 3.63) is 23.8 Å². The SMILES string of the molecule is CCNC(=NCc1ccc(OC)cc1OC1CCCC1)NC1CCN(CC(F)F)CC1.I. The Labute approximate surface area is 207 Å². The monoisotopic (exact) mass is 566 g/mol. The zero-order chi connectivity index (χ0) is 22.1. The normalized spacial score (nSPS) is 18.5. The third-order valence-corrected chi connectivity index (χ3v) is 5.95. The Morgan fingerprint density at radius 1 is 1.19 bits per heavy atom. The molecule has 2 aliphatic rings. The van der Waals surface area contributed by atoms with Gasteiger partial charge in [-0.15, -0.1) is 24.0 Å². The summed E-state index contributed by atoms with van der Waals surface area (Å²) in [6, 6.07) is 6.13. The average Bonchev–Trinajstić information content (AvgIpc) is 3.27. The van der Waals surface area contributed by atoms with E-state index in [2.05, 4.69) is 10.6 Å². The molecule has 3 rings (SSSR count). The molecule has 1 aromatic rings. The van der Waals surface area contributed by atoms with Crippen LogP contribution >= 0.6 is 24.0 Å². The molecule has 0 atom stereocenters. The minimum absolute atomic E-state index is 0. The molecule has 1 saturated heterocycles. The maximum absolute atomic E-state index is 12.6. The first-order valence-corrected chi connectivity index (χ1v) is 11.5. The third-order valence-electron chi connectivity index (χ3n) is 5.95. The molecule has 0 radical (unpaired) electrons. The fourth-order valence-electron chi connectivity index (χ4n) is 4.22. The van der Waals surface area contributed by atoms with Crippen LogP contribution in [-0.2, 0) is 6.54 Å². The largest absolute Gasteiger partial charge is 0.497 e. The molecule has 0 unspecified atom stereocenters. The summed E-state index contributed by atoms with van der Waals surface area (Å²) in [5.41, 5.74) is 1.02. The van der Waals surface area contributed by atoms with Crippen molar-refractivity contribution in [1.82, 2.24) is 15.5 Å². The molecule has 0 aromatic heterocycles. The van der Waals surface area contributed by atoms with Crippen molar-refractivity contribution in [2.24, 2.45) is 4.99 Å². The number of methoxy groups -OCH3 is 1. The quantitative estimate of drug-likeness (QED) is 0.264. The first-order chi connectivity index (χ1) is 15.1. The Balaban J connectivity index is 0.00000363. The highest BCUT2D eigenvalue weighted by Gasteiger charge is 2.22. The second-order valence-corrected chi connectivity index (χ2v) is 8.30. The van der Waals surface area contributed by atoms with E-state index in [4.69, 9.17) is 14.5 Å². The van der Waals surface area contributed by atoms with Crippen LogP contribution in [0.4, 0.5) is 8.78 Å². The van der Waals surface area contributed by atoms with Gasteiger partial charge in [-0.05, 0) is 57.6 Å². The number of hydrogen-bond acceptors (Lipinski definition) is 4. The molecule has 1 aliphatic heterocycles. The standard InChI is InChI=1S/C23H36F2N4O2.HI/c1-3-26-23(28-18-10-12-29(13-11-18)16-22(24)25)27-15-17-8-9-20(30-2)14-21(17)31-19-6-4-5-7-19;/h8-9,14,18-19,22H,3-7,10-13,15-16H2,1-2H3,(H2,26,27,28);1H. The number of nitrogens with one attached hydrogen (secondary N) is 2. The minimum Gasteiger partial charge on any atom is -0.497 e. The summed E-state index contributed by atoms with van der Waals surface area (Å²) in [6.07, 6.45) is 4.27. The molecular formula is C23H37F2IN4O2. The number of piperidine rings is 1. The molecule has 0 bridgehead atoms. The van der Waals surface area contributed by atoms with Gasteiger partial charge in [0.05, 0.1) is 26.3 Å². The van der Waals surface area contributed by atoms with E-state index in [1.807, 2.05) is 30.0 Å². The van der Waals surface area contributed by atoms with Crippen LogP contribution in [0.5, 0.6) is 11.5 Å². The summed E-state index contributed by atoms with van der Waals surface area (Å²) >= 11 is 0. The van der Waals surface area contributed by atoms with Gasteiger partial charge in [0.1, 0.15) is 11.5 Å². The van der Waals surface area contributed by atoms with Crippen molar-refractivity contribution < 1.29 is 18.3 Å². The zero-order valence-corrected chi connectivity index (χ0v) is 21.4. The number of rotatable bonds is 9. The molecule has 32 heavy (non-hydrogen) atoms. The molecule has 1 heterocycles. The molecule has 1 aromatic carbocycles. The number of alkyl halides is 2. The van der Waals surface area contributed by atoms with Crippen molar-refractivity contribution in [1.29, 1.82) is 0 Å². The van der Waals surface area contributed by atoms with E-state index >= 15 is 0 Å². The maximum atomic E-state index is 12.6. The van der Waals surface area contributed by atoms with Crippen LogP contribution < -0.4 is 20.1 Å². The summed E-state index contributed by atoms with van der Waals surface area (Å²) in [5, 5.41) is 6.77. The number of ether oxygens (including phenoxy) is 2. The Kier molecular flexibility index (Phi) is 11.8. The molecule has 1 saturated carbocycles. The highest BCUT2D eigenvalue weighted by molar-refractivity contribution is 14.0. The molecule has 2 N–H and O–H groups in total. The predicted molar refractivity (Wildman–Crippen MR) is 135 cm³/mol. The van der Waals surface area contributed by atoms with Crippen molar-refractivity contribution in [2.45, 2.75) is 70.6 Å². The van der Waals surface area contributed by atoms with Gasteiger partial charge >= 0.3 is 0 Å². The second-order valence-electron chi connectivity index (χ2n) is 8.30. The molecule has 0 amide bonds. The van der Waals surface area contributed by atoms with Crippen molar-refractivity contribution in [3.63, 3.8) is 0 Å². The molecule has 0 spiro atoms. The number of guanidine groups is 1. The van der Waals surface area contributed by atoms with Crippen LogP contribution in [-0.4, -0.2) is 62.7 Å². The lowest BCUT2D eigenvalue weighted by Crippen LogP contribution is -2.49. The number of likely N-dealkylation sites (tertiary alicyclic amines) is 1. The van der Waals surface area contributed by atoms with E-state index in [-0.39, 0.29) is 42.7 Å². The van der Waals surface area contributed by atoms with Crippen LogP contribution in [0.1, 0.15) is 51.0 Å². The topological polar surface area (TPSA) is 58.1 Å². The van der Waals surface area contributed by atoms with Gasteiger partial charge in [-0.3, -0.25) is 4.90 Å². The summed E-state index contributed by atoms with van der Waals surface area (Å²) in [4.78, 5) is 6.61. The molecule has 6 nitrogen and oxygen atoms in total. The van der Waals surface area contributed by atoms with Gasteiger partial charge in [0, 0.05) is 37.3 Å². The van der Waals surface area contributed by atoms with Gasteiger partial charge < -0.3 is 20.1 Å². The molecule has 1 aliphatic carbocycles. The number of hydrogen-bond donors (Lipinski definition) is 2. The van der Waals surface area contributed by atoms with Gasteiger partial charge in [-0.1, -0.05) is 0 Å². The van der Waals surface area contributed by atoms with Gasteiger partial charge in [0.2, 0.25) is 0 Å². The van der Waals surface area contributed by atoms with Crippen molar-refractivity contribution in [2.75, 3.05) is 33.3 Å². The summed E-state index contributed by atoms with van der Waals surface area (Å²) in [7, 11) is 1.66. The zero-order valence-electron chi connectivity index (χ0n) is 19.1. The highest BCUT2D eigenvalue weighted by atomic mass is 127. The minimum atomic E-state index is -2.27. The maximum Gasteiger partial charge on any atom is 0.251 e. The van der Waals surface area contributed by atoms with E-state index in [1.165, 1.54) is 12.8 Å². The fraction of sp³-hybridized carbons (Fsp3) is 0.696. The van der Waals surface area contributed by atoms with Crippen LogP contribution in [0.3, 0.4) is 0 Å². The lowest BCUT2D eigenvalue weighted by molar-refractivity contribution is 0.0744. The Hall–Kier alpha value is -1.36. The molecule has 182 valence electrons. The van der Waals surface area contributed by atoms with Crippen LogP contribution in [0.15, 0.2) is 23.2 Å². The molecule has 9 heteroatoms. The molecule has 2 fully saturated rings. The molecular weight excluding hydrogens is 529 g/mol. The Morgan fingerprint density at radius 2 is 1.91 bits per heavy atom. The van der Waals surface area contributed by atoms with E-state index in [0.29, 0.717) is 19.6 Å². The van der Waals surface area contributed by atoms with Crippen molar-refractivity contribution in [3.8, 4) is 11.5 Å². The number of halogens is 3. The Bertz CT molecular complexity index is 709. The van der Waals surface area contributed by atoms with E-state index < -0.39 is 6.43 Å². The van der Waals surface area contributed by atoms with E-state index in [0.717, 1.165) is 55.3 Å². The van der Waals surface area contributed by atoms with Crippen LogP contribution in [0.25, 0.3) is 0 Å². The van der Waals surface area contributed by atoms with E-state index in [9.17, 15) is 8.78 Å². The second kappa shape index (κ2) is 14.0.